The molecule has 1 aromatic rings. The van der Waals surface area contributed by atoms with Gasteiger partial charge in [0.15, 0.2) is 21.3 Å². The van der Waals surface area contributed by atoms with E-state index in [2.05, 4.69) is 5.32 Å². The standard InChI is InChI=1S/C17H26N2O5S/c1-23-14-6-5-13(11-15(14)24-2)25(21,22)10-7-16(20)19-17(12-18)8-3-4-9-17/h5-6,11H,3-4,7-10,12,18H2,1-2H3,(H,19,20). The Bertz CT molecular complexity index is 712. The van der Waals surface area contributed by atoms with Crippen molar-refractivity contribution >= 4 is 15.7 Å². The number of hydrogen-bond donors (Lipinski definition) is 2. The van der Waals surface area contributed by atoms with Crippen LogP contribution in [0.15, 0.2) is 23.1 Å². The predicted molar refractivity (Wildman–Crippen MR) is 94.6 cm³/mol. The van der Waals surface area contributed by atoms with Gasteiger partial charge in [-0.3, -0.25) is 4.79 Å². The molecule has 1 aromatic carbocycles. The van der Waals surface area contributed by atoms with E-state index in [1.807, 2.05) is 0 Å². The third kappa shape index (κ3) is 4.64. The van der Waals surface area contributed by atoms with Gasteiger partial charge in [0.1, 0.15) is 0 Å². The summed E-state index contributed by atoms with van der Waals surface area (Å²) in [6.45, 7) is 0.376. The highest BCUT2D eigenvalue weighted by atomic mass is 32.2. The number of nitrogens with two attached hydrogens (primary N) is 1. The molecule has 25 heavy (non-hydrogen) atoms. The van der Waals surface area contributed by atoms with Crippen molar-refractivity contribution in [2.45, 2.75) is 42.5 Å². The molecule has 1 aliphatic rings. The minimum Gasteiger partial charge on any atom is -0.493 e. The molecular weight excluding hydrogens is 344 g/mol. The summed E-state index contributed by atoms with van der Waals surface area (Å²) in [7, 11) is -0.682. The van der Waals surface area contributed by atoms with Crippen LogP contribution in [-0.2, 0) is 14.6 Å². The summed E-state index contributed by atoms with van der Waals surface area (Å²) in [4.78, 5) is 12.3. The fourth-order valence-electron chi connectivity index (χ4n) is 3.15. The van der Waals surface area contributed by atoms with Gasteiger partial charge >= 0.3 is 0 Å². The molecule has 2 rings (SSSR count). The quantitative estimate of drug-likeness (QED) is 0.713. The van der Waals surface area contributed by atoms with E-state index in [9.17, 15) is 13.2 Å². The summed E-state index contributed by atoms with van der Waals surface area (Å²) >= 11 is 0. The lowest BCUT2D eigenvalue weighted by molar-refractivity contribution is -0.122. The molecule has 0 aromatic heterocycles. The van der Waals surface area contributed by atoms with E-state index in [1.54, 1.807) is 0 Å². The lowest BCUT2D eigenvalue weighted by Gasteiger charge is -2.28. The second kappa shape index (κ2) is 8.05. The number of nitrogens with one attached hydrogen (secondary N) is 1. The largest absolute Gasteiger partial charge is 0.493 e. The number of sulfone groups is 1. The molecule has 3 N–H and O–H groups in total. The molecule has 1 saturated carbocycles. The number of methoxy groups -OCH3 is 2. The Labute approximate surface area is 148 Å². The summed E-state index contributed by atoms with van der Waals surface area (Å²) in [6, 6.07) is 4.39. The molecule has 7 nitrogen and oxygen atoms in total. The van der Waals surface area contributed by atoms with Crippen molar-refractivity contribution in [2.24, 2.45) is 5.73 Å². The lowest BCUT2D eigenvalue weighted by atomic mass is 9.98. The minimum absolute atomic E-state index is 0.0988. The topological polar surface area (TPSA) is 108 Å². The number of carbonyl (C=O) groups excluding carboxylic acids is 1. The molecule has 0 unspecified atom stereocenters. The molecule has 0 atom stereocenters. The number of hydrogen-bond acceptors (Lipinski definition) is 6. The van der Waals surface area contributed by atoms with Gasteiger partial charge in [0, 0.05) is 19.0 Å². The molecule has 1 aliphatic carbocycles. The van der Waals surface area contributed by atoms with E-state index in [-0.39, 0.29) is 28.5 Å². The van der Waals surface area contributed by atoms with E-state index < -0.39 is 9.84 Å². The smallest absolute Gasteiger partial charge is 0.221 e. The number of benzene rings is 1. The van der Waals surface area contributed by atoms with Crippen LogP contribution in [0.1, 0.15) is 32.1 Å². The van der Waals surface area contributed by atoms with Crippen molar-refractivity contribution in [3.63, 3.8) is 0 Å². The normalized spacial score (nSPS) is 16.4. The van der Waals surface area contributed by atoms with Crippen LogP contribution in [0, 0.1) is 0 Å². The van der Waals surface area contributed by atoms with Crippen LogP contribution >= 0.6 is 0 Å². The Balaban J connectivity index is 2.02. The number of carbonyl (C=O) groups is 1. The summed E-state index contributed by atoms with van der Waals surface area (Å²) in [5.41, 5.74) is 5.42. The summed E-state index contributed by atoms with van der Waals surface area (Å²) < 4.78 is 35.2. The Morgan fingerprint density at radius 3 is 2.40 bits per heavy atom. The van der Waals surface area contributed by atoms with E-state index in [0.717, 1.165) is 25.7 Å². The first kappa shape index (κ1) is 19.5. The van der Waals surface area contributed by atoms with Crippen LogP contribution in [-0.4, -0.2) is 46.4 Å². The Kier molecular flexibility index (Phi) is 6.29. The summed E-state index contributed by atoms with van der Waals surface area (Å²) in [5.74, 6) is 0.234. The third-order valence-electron chi connectivity index (χ3n) is 4.67. The van der Waals surface area contributed by atoms with Crippen LogP contribution in [0.2, 0.25) is 0 Å². The number of ether oxygens (including phenoxy) is 2. The molecule has 0 aliphatic heterocycles. The molecule has 0 bridgehead atoms. The van der Waals surface area contributed by atoms with Crippen molar-refractivity contribution in [1.82, 2.24) is 5.32 Å². The minimum atomic E-state index is -3.60. The molecule has 1 fully saturated rings. The highest BCUT2D eigenvalue weighted by molar-refractivity contribution is 7.91. The second-order valence-corrected chi connectivity index (χ2v) is 8.43. The van der Waals surface area contributed by atoms with E-state index in [4.69, 9.17) is 15.2 Å². The predicted octanol–water partition coefficient (Wildman–Crippen LogP) is 1.26. The zero-order valence-electron chi connectivity index (χ0n) is 14.7. The SMILES string of the molecule is COc1ccc(S(=O)(=O)CCC(=O)NC2(CN)CCCC2)cc1OC. The third-order valence-corrected chi connectivity index (χ3v) is 6.38. The maximum atomic E-state index is 12.5. The Hall–Kier alpha value is -1.80. The molecule has 1 amide bonds. The van der Waals surface area contributed by atoms with Gasteiger partial charge in [-0.15, -0.1) is 0 Å². The van der Waals surface area contributed by atoms with Crippen LogP contribution in [0.25, 0.3) is 0 Å². The number of rotatable bonds is 8. The molecular formula is C17H26N2O5S. The zero-order chi connectivity index (χ0) is 18.5. The van der Waals surface area contributed by atoms with Gasteiger partial charge in [-0.2, -0.15) is 0 Å². The maximum Gasteiger partial charge on any atom is 0.221 e. The van der Waals surface area contributed by atoms with Gasteiger partial charge in [-0.25, -0.2) is 8.42 Å². The first-order valence-electron chi connectivity index (χ1n) is 8.32. The van der Waals surface area contributed by atoms with Gasteiger partial charge < -0.3 is 20.5 Å². The van der Waals surface area contributed by atoms with Crippen LogP contribution in [0.4, 0.5) is 0 Å². The average molecular weight is 370 g/mol. The van der Waals surface area contributed by atoms with Crippen molar-refractivity contribution in [3.05, 3.63) is 18.2 Å². The van der Waals surface area contributed by atoms with Gasteiger partial charge in [0.05, 0.1) is 30.4 Å². The molecule has 0 spiro atoms. The maximum absolute atomic E-state index is 12.5. The van der Waals surface area contributed by atoms with Crippen molar-refractivity contribution < 1.29 is 22.7 Å². The van der Waals surface area contributed by atoms with E-state index >= 15 is 0 Å². The van der Waals surface area contributed by atoms with Crippen molar-refractivity contribution in [3.8, 4) is 11.5 Å². The van der Waals surface area contributed by atoms with E-state index in [0.29, 0.717) is 18.0 Å². The molecule has 0 heterocycles. The molecule has 0 saturated heterocycles. The fourth-order valence-corrected chi connectivity index (χ4v) is 4.40. The average Bonchev–Trinajstić information content (AvgIpc) is 3.08. The number of amides is 1. The summed E-state index contributed by atoms with van der Waals surface area (Å²) in [6.07, 6.45) is 3.65. The Morgan fingerprint density at radius 1 is 1.20 bits per heavy atom. The second-order valence-electron chi connectivity index (χ2n) is 6.33. The lowest BCUT2D eigenvalue weighted by Crippen LogP contribution is -2.51. The van der Waals surface area contributed by atoms with Crippen molar-refractivity contribution in [1.29, 1.82) is 0 Å². The first-order chi connectivity index (χ1) is 11.9. The Morgan fingerprint density at radius 2 is 1.84 bits per heavy atom. The van der Waals surface area contributed by atoms with Gasteiger partial charge in [-0.05, 0) is 25.0 Å². The monoisotopic (exact) mass is 370 g/mol. The van der Waals surface area contributed by atoms with Gasteiger partial charge in [-0.1, -0.05) is 12.8 Å². The van der Waals surface area contributed by atoms with E-state index in [1.165, 1.54) is 32.4 Å². The van der Waals surface area contributed by atoms with Crippen LogP contribution in [0.5, 0.6) is 11.5 Å². The molecule has 140 valence electrons. The fraction of sp³-hybridized carbons (Fsp3) is 0.588. The van der Waals surface area contributed by atoms with Gasteiger partial charge in [0.2, 0.25) is 5.91 Å². The first-order valence-corrected chi connectivity index (χ1v) is 9.97. The van der Waals surface area contributed by atoms with Crippen LogP contribution in [0.3, 0.4) is 0 Å². The highest BCUT2D eigenvalue weighted by Gasteiger charge is 2.34. The van der Waals surface area contributed by atoms with Crippen LogP contribution < -0.4 is 20.5 Å². The zero-order valence-corrected chi connectivity index (χ0v) is 15.5. The molecule has 0 radical (unpaired) electrons. The highest BCUT2D eigenvalue weighted by Crippen LogP contribution is 2.30. The van der Waals surface area contributed by atoms with Crippen molar-refractivity contribution in [2.75, 3.05) is 26.5 Å². The molecule has 8 heteroatoms. The van der Waals surface area contributed by atoms with Gasteiger partial charge in [0.25, 0.3) is 0 Å². The summed E-state index contributed by atoms with van der Waals surface area (Å²) in [5, 5.41) is 2.93.